The number of piperidine rings is 1. The van der Waals surface area contributed by atoms with E-state index in [-0.39, 0.29) is 23.9 Å². The Bertz CT molecular complexity index is 839. The summed E-state index contributed by atoms with van der Waals surface area (Å²) in [6.07, 6.45) is 8.52. The first-order valence-electron chi connectivity index (χ1n) is 11.0. The van der Waals surface area contributed by atoms with Crippen molar-refractivity contribution in [3.8, 4) is 0 Å². The van der Waals surface area contributed by atoms with Crippen molar-refractivity contribution >= 4 is 11.9 Å². The number of urea groups is 1. The van der Waals surface area contributed by atoms with Gasteiger partial charge in [-0.3, -0.25) is 9.78 Å². The topological polar surface area (TPSA) is 65.5 Å². The molecule has 0 bridgehead atoms. The number of carbonyl (C=O) groups excluding carboxylic acids is 2. The number of nitrogens with one attached hydrogen (secondary N) is 1. The van der Waals surface area contributed by atoms with Gasteiger partial charge in [0, 0.05) is 50.5 Å². The van der Waals surface area contributed by atoms with E-state index in [2.05, 4.69) is 10.3 Å². The molecular formula is C24H30N4O2. The molecule has 2 aromatic rings. The molecule has 1 aliphatic heterocycles. The van der Waals surface area contributed by atoms with Crippen molar-refractivity contribution in [2.75, 3.05) is 13.1 Å². The summed E-state index contributed by atoms with van der Waals surface area (Å²) < 4.78 is 0. The third-order valence-corrected chi connectivity index (χ3v) is 6.22. The maximum Gasteiger partial charge on any atom is 0.317 e. The lowest BCUT2D eigenvalue weighted by atomic mass is 9.83. The monoisotopic (exact) mass is 406 g/mol. The Labute approximate surface area is 178 Å². The number of hydrogen-bond acceptors (Lipinski definition) is 3. The first-order chi connectivity index (χ1) is 14.7. The lowest BCUT2D eigenvalue weighted by molar-refractivity contribution is -0.142. The van der Waals surface area contributed by atoms with Gasteiger partial charge >= 0.3 is 6.03 Å². The fraction of sp³-hybridized carbons (Fsp3) is 0.458. The van der Waals surface area contributed by atoms with Crippen LogP contribution in [0.5, 0.6) is 0 Å². The number of hydrogen-bond donors (Lipinski definition) is 1. The minimum Gasteiger partial charge on any atom is -0.334 e. The molecule has 1 atom stereocenters. The summed E-state index contributed by atoms with van der Waals surface area (Å²) in [4.78, 5) is 34.1. The molecule has 1 aromatic heterocycles. The molecule has 1 aliphatic carbocycles. The summed E-state index contributed by atoms with van der Waals surface area (Å²) in [6.45, 7) is 2.39. The summed E-state index contributed by atoms with van der Waals surface area (Å²) in [5, 5.41) is 3.03. The predicted molar refractivity (Wildman–Crippen MR) is 115 cm³/mol. The second-order valence-corrected chi connectivity index (χ2v) is 8.34. The highest BCUT2D eigenvalue weighted by Crippen LogP contribution is 2.31. The minimum absolute atomic E-state index is 0.0505. The van der Waals surface area contributed by atoms with Crippen LogP contribution in [0.15, 0.2) is 54.9 Å². The van der Waals surface area contributed by atoms with E-state index >= 15 is 0 Å². The van der Waals surface area contributed by atoms with Crippen LogP contribution in [0.25, 0.3) is 0 Å². The average Bonchev–Trinajstić information content (AvgIpc) is 2.76. The van der Waals surface area contributed by atoms with E-state index in [1.54, 1.807) is 6.20 Å². The van der Waals surface area contributed by atoms with Gasteiger partial charge in [-0.05, 0) is 42.9 Å². The van der Waals surface area contributed by atoms with Gasteiger partial charge in [0.05, 0.1) is 0 Å². The molecule has 0 spiro atoms. The molecule has 0 radical (unpaired) electrons. The van der Waals surface area contributed by atoms with Crippen LogP contribution in [-0.4, -0.2) is 45.9 Å². The number of amides is 3. The van der Waals surface area contributed by atoms with E-state index in [1.807, 2.05) is 58.5 Å². The van der Waals surface area contributed by atoms with Crippen molar-refractivity contribution in [3.05, 3.63) is 66.0 Å². The van der Waals surface area contributed by atoms with Crippen LogP contribution in [0.3, 0.4) is 0 Å². The van der Waals surface area contributed by atoms with Gasteiger partial charge in [-0.1, -0.05) is 42.8 Å². The van der Waals surface area contributed by atoms with Crippen molar-refractivity contribution in [2.24, 2.45) is 5.92 Å². The number of nitrogens with zero attached hydrogens (tertiary/aromatic N) is 3. The smallest absolute Gasteiger partial charge is 0.317 e. The fourth-order valence-electron chi connectivity index (χ4n) is 4.24. The highest BCUT2D eigenvalue weighted by molar-refractivity contribution is 5.80. The van der Waals surface area contributed by atoms with Crippen molar-refractivity contribution in [3.63, 3.8) is 0 Å². The maximum atomic E-state index is 13.2. The molecule has 6 nitrogen and oxygen atoms in total. The standard InChI is InChI=1S/C24H30N4O2/c29-23(21-10-4-11-21)28(17-20-9-5-13-25-15-20)22-12-6-14-27(18-22)24(30)26-16-19-7-2-1-3-8-19/h1-3,5,7-9,13,15,21-22H,4,6,10-12,14,16-18H2,(H,26,30). The van der Waals surface area contributed by atoms with Crippen LogP contribution in [0.4, 0.5) is 4.79 Å². The molecule has 1 saturated heterocycles. The summed E-state index contributed by atoms with van der Waals surface area (Å²) in [5.74, 6) is 0.380. The normalized spacial score (nSPS) is 19.1. The van der Waals surface area contributed by atoms with Gasteiger partial charge < -0.3 is 15.1 Å². The van der Waals surface area contributed by atoms with Crippen molar-refractivity contribution < 1.29 is 9.59 Å². The summed E-state index contributed by atoms with van der Waals surface area (Å²) in [6, 6.07) is 13.8. The second kappa shape index (κ2) is 9.74. The number of carbonyl (C=O) groups is 2. The summed E-state index contributed by atoms with van der Waals surface area (Å²) >= 11 is 0. The number of pyridine rings is 1. The Hall–Kier alpha value is -2.89. The summed E-state index contributed by atoms with van der Waals surface area (Å²) in [5.41, 5.74) is 2.12. The van der Waals surface area contributed by atoms with Crippen LogP contribution >= 0.6 is 0 Å². The number of benzene rings is 1. The van der Waals surface area contributed by atoms with Gasteiger partial charge in [-0.15, -0.1) is 0 Å². The van der Waals surface area contributed by atoms with Crippen LogP contribution in [-0.2, 0) is 17.9 Å². The van der Waals surface area contributed by atoms with E-state index < -0.39 is 0 Å². The molecule has 4 rings (SSSR count). The van der Waals surface area contributed by atoms with Crippen molar-refractivity contribution in [1.29, 1.82) is 0 Å². The van der Waals surface area contributed by atoms with E-state index in [4.69, 9.17) is 0 Å². The Morgan fingerprint density at radius 1 is 1.03 bits per heavy atom. The zero-order chi connectivity index (χ0) is 20.8. The molecule has 1 unspecified atom stereocenters. The van der Waals surface area contributed by atoms with Crippen LogP contribution in [0.1, 0.15) is 43.2 Å². The van der Waals surface area contributed by atoms with Gasteiger partial charge in [0.25, 0.3) is 0 Å². The molecule has 2 fully saturated rings. The Kier molecular flexibility index (Phi) is 6.62. The molecule has 3 amide bonds. The molecule has 158 valence electrons. The lowest BCUT2D eigenvalue weighted by Gasteiger charge is -2.42. The van der Waals surface area contributed by atoms with Crippen LogP contribution < -0.4 is 5.32 Å². The number of likely N-dealkylation sites (tertiary alicyclic amines) is 1. The van der Waals surface area contributed by atoms with E-state index in [1.165, 1.54) is 0 Å². The third kappa shape index (κ3) is 4.99. The van der Waals surface area contributed by atoms with E-state index in [9.17, 15) is 9.59 Å². The molecule has 1 saturated carbocycles. The molecule has 6 heteroatoms. The Morgan fingerprint density at radius 3 is 2.53 bits per heavy atom. The van der Waals surface area contributed by atoms with E-state index in [0.29, 0.717) is 19.6 Å². The SMILES string of the molecule is O=C(NCc1ccccc1)N1CCCC(N(Cc2cccnc2)C(=O)C2CCC2)C1. The molecule has 2 aliphatic rings. The van der Waals surface area contributed by atoms with Crippen molar-refractivity contribution in [2.45, 2.75) is 51.2 Å². The number of rotatable bonds is 6. The van der Waals surface area contributed by atoms with Crippen LogP contribution in [0.2, 0.25) is 0 Å². The van der Waals surface area contributed by atoms with Crippen LogP contribution in [0, 0.1) is 5.92 Å². The quantitative estimate of drug-likeness (QED) is 0.797. The minimum atomic E-state index is -0.0547. The van der Waals surface area contributed by atoms with E-state index in [0.717, 1.165) is 49.8 Å². The van der Waals surface area contributed by atoms with Gasteiger partial charge in [0.15, 0.2) is 0 Å². The van der Waals surface area contributed by atoms with Gasteiger partial charge in [-0.25, -0.2) is 4.79 Å². The Morgan fingerprint density at radius 2 is 1.83 bits per heavy atom. The summed E-state index contributed by atoms with van der Waals surface area (Å²) in [7, 11) is 0. The molecule has 1 N–H and O–H groups in total. The largest absolute Gasteiger partial charge is 0.334 e. The third-order valence-electron chi connectivity index (χ3n) is 6.22. The van der Waals surface area contributed by atoms with Gasteiger partial charge in [-0.2, -0.15) is 0 Å². The van der Waals surface area contributed by atoms with Gasteiger partial charge in [0.1, 0.15) is 0 Å². The highest BCUT2D eigenvalue weighted by Gasteiger charge is 2.35. The molecular weight excluding hydrogens is 376 g/mol. The first-order valence-corrected chi connectivity index (χ1v) is 11.0. The lowest BCUT2D eigenvalue weighted by Crippen LogP contribution is -2.54. The first kappa shape index (κ1) is 20.4. The zero-order valence-corrected chi connectivity index (χ0v) is 17.4. The van der Waals surface area contributed by atoms with Crippen molar-refractivity contribution in [1.82, 2.24) is 20.1 Å². The Balaban J connectivity index is 1.41. The molecule has 1 aromatic carbocycles. The maximum absolute atomic E-state index is 13.2. The second-order valence-electron chi connectivity index (χ2n) is 8.34. The molecule has 30 heavy (non-hydrogen) atoms. The fourth-order valence-corrected chi connectivity index (χ4v) is 4.24. The zero-order valence-electron chi connectivity index (χ0n) is 17.4. The highest BCUT2D eigenvalue weighted by atomic mass is 16.2. The average molecular weight is 407 g/mol. The molecule has 2 heterocycles. The number of aromatic nitrogens is 1. The predicted octanol–water partition coefficient (Wildman–Crippen LogP) is 3.58. The van der Waals surface area contributed by atoms with Gasteiger partial charge in [0.2, 0.25) is 5.91 Å².